The van der Waals surface area contributed by atoms with Crippen molar-refractivity contribution in [2.75, 3.05) is 13.1 Å². The molecule has 2 heterocycles. The molecule has 2 aromatic carbocycles. The van der Waals surface area contributed by atoms with Crippen molar-refractivity contribution in [2.45, 2.75) is 45.2 Å². The van der Waals surface area contributed by atoms with E-state index in [1.165, 1.54) is 6.92 Å². The van der Waals surface area contributed by atoms with E-state index in [2.05, 4.69) is 0 Å². The molecule has 0 N–H and O–H groups in total. The average molecular weight is 500 g/mol. The van der Waals surface area contributed by atoms with Gasteiger partial charge in [-0.2, -0.15) is 26.3 Å². The fourth-order valence-electron chi connectivity index (χ4n) is 3.98. The second-order valence-electron chi connectivity index (χ2n) is 8.26. The number of halogens is 6. The molecule has 11 heteroatoms. The van der Waals surface area contributed by atoms with Crippen molar-refractivity contribution in [1.82, 2.24) is 9.80 Å². The molecule has 0 radical (unpaired) electrons. The van der Waals surface area contributed by atoms with E-state index in [1.54, 1.807) is 30.3 Å². The van der Waals surface area contributed by atoms with Crippen LogP contribution in [-0.2, 0) is 35.5 Å². The van der Waals surface area contributed by atoms with E-state index in [-0.39, 0.29) is 32.0 Å². The number of ketones is 1. The summed E-state index contributed by atoms with van der Waals surface area (Å²) >= 11 is 0. The number of carbonyl (C=O) groups is 3. The van der Waals surface area contributed by atoms with Crippen molar-refractivity contribution in [3.8, 4) is 0 Å². The van der Waals surface area contributed by atoms with Crippen molar-refractivity contribution in [3.05, 3.63) is 70.3 Å². The van der Waals surface area contributed by atoms with Crippen LogP contribution in [0.3, 0.4) is 0 Å². The van der Waals surface area contributed by atoms with Crippen LogP contribution in [0.15, 0.2) is 42.5 Å². The van der Waals surface area contributed by atoms with Crippen molar-refractivity contribution in [3.63, 3.8) is 0 Å². The molecular formula is C24H22F6N2O3. The molecule has 0 spiro atoms. The van der Waals surface area contributed by atoms with Gasteiger partial charge in [0, 0.05) is 31.7 Å². The highest BCUT2D eigenvalue weighted by atomic mass is 19.4. The summed E-state index contributed by atoms with van der Waals surface area (Å²) in [6, 6.07) is 12.2. The second kappa shape index (κ2) is 10.1. The first-order valence-electron chi connectivity index (χ1n) is 10.7. The number of carbonyl (C=O) groups excluding carboxylic acids is 3. The van der Waals surface area contributed by atoms with Crippen LogP contribution in [0.2, 0.25) is 0 Å². The van der Waals surface area contributed by atoms with Gasteiger partial charge < -0.3 is 9.80 Å². The molecule has 188 valence electrons. The van der Waals surface area contributed by atoms with Crippen LogP contribution in [-0.4, -0.2) is 52.8 Å². The Hall–Kier alpha value is -3.37. The third-order valence-electron chi connectivity index (χ3n) is 5.82. The van der Waals surface area contributed by atoms with Gasteiger partial charge in [-0.05, 0) is 48.1 Å². The maximum absolute atomic E-state index is 12.4. The maximum Gasteiger partial charge on any atom is 0.471 e. The summed E-state index contributed by atoms with van der Waals surface area (Å²) < 4.78 is 73.8. The zero-order valence-corrected chi connectivity index (χ0v) is 18.7. The maximum atomic E-state index is 12.4. The number of benzene rings is 2. The van der Waals surface area contributed by atoms with Gasteiger partial charge in [-0.15, -0.1) is 0 Å². The Morgan fingerprint density at radius 2 is 1.14 bits per heavy atom. The van der Waals surface area contributed by atoms with E-state index in [0.717, 1.165) is 26.5 Å². The van der Waals surface area contributed by atoms with Crippen LogP contribution in [0.5, 0.6) is 0 Å². The van der Waals surface area contributed by atoms with Crippen molar-refractivity contribution >= 4 is 17.6 Å². The number of alkyl halides is 6. The Morgan fingerprint density at radius 3 is 1.63 bits per heavy atom. The van der Waals surface area contributed by atoms with E-state index in [1.807, 2.05) is 12.1 Å². The molecule has 0 saturated carbocycles. The molecule has 0 aromatic heterocycles. The normalized spacial score (nSPS) is 15.4. The van der Waals surface area contributed by atoms with Gasteiger partial charge in [-0.1, -0.05) is 36.4 Å². The molecule has 2 aliphatic rings. The summed E-state index contributed by atoms with van der Waals surface area (Å²) in [6.45, 7) is 1.52. The Labute approximate surface area is 197 Å². The molecule has 35 heavy (non-hydrogen) atoms. The second-order valence-corrected chi connectivity index (χ2v) is 8.26. The summed E-state index contributed by atoms with van der Waals surface area (Å²) in [4.78, 5) is 35.1. The fourth-order valence-corrected chi connectivity index (χ4v) is 3.98. The van der Waals surface area contributed by atoms with E-state index < -0.39 is 24.2 Å². The molecule has 0 aliphatic carbocycles. The van der Waals surface area contributed by atoms with Gasteiger partial charge in [-0.3, -0.25) is 14.4 Å². The summed E-state index contributed by atoms with van der Waals surface area (Å²) in [5.74, 6) is -3.73. The SMILES string of the molecule is CC(=O)c1ccc2c(c1)CN(C(=O)C(F)(F)F)CC2.O=C(N1CCc2ccccc2C1)C(F)(F)F. The molecule has 2 aromatic rings. The van der Waals surface area contributed by atoms with E-state index in [9.17, 15) is 40.7 Å². The summed E-state index contributed by atoms with van der Waals surface area (Å²) in [7, 11) is 0. The summed E-state index contributed by atoms with van der Waals surface area (Å²) in [6.07, 6.45) is -8.77. The summed E-state index contributed by atoms with van der Waals surface area (Å²) in [5.41, 5.74) is 3.76. The average Bonchev–Trinajstić information content (AvgIpc) is 2.81. The first kappa shape index (κ1) is 26.2. The highest BCUT2D eigenvalue weighted by Gasteiger charge is 2.44. The minimum atomic E-state index is -4.85. The predicted molar refractivity (Wildman–Crippen MR) is 113 cm³/mol. The van der Waals surface area contributed by atoms with Crippen LogP contribution in [0.4, 0.5) is 26.3 Å². The lowest BCUT2D eigenvalue weighted by Gasteiger charge is -2.29. The molecule has 0 atom stereocenters. The lowest BCUT2D eigenvalue weighted by Crippen LogP contribution is -2.43. The monoisotopic (exact) mass is 500 g/mol. The lowest BCUT2D eigenvalue weighted by molar-refractivity contribution is -0.186. The predicted octanol–water partition coefficient (Wildman–Crippen LogP) is 4.47. The molecule has 2 amide bonds. The van der Waals surface area contributed by atoms with Gasteiger partial charge in [0.15, 0.2) is 5.78 Å². The van der Waals surface area contributed by atoms with Crippen molar-refractivity contribution < 1.29 is 40.7 Å². The Bertz CT molecular complexity index is 1130. The Morgan fingerprint density at radius 1 is 0.686 bits per heavy atom. The quantitative estimate of drug-likeness (QED) is 0.429. The van der Waals surface area contributed by atoms with Crippen LogP contribution in [0.25, 0.3) is 0 Å². The minimum absolute atomic E-state index is 0.0464. The third kappa shape index (κ3) is 6.40. The van der Waals surface area contributed by atoms with E-state index in [4.69, 9.17) is 0 Å². The number of amides is 2. The molecule has 0 unspecified atom stereocenters. The van der Waals surface area contributed by atoms with Crippen molar-refractivity contribution in [1.29, 1.82) is 0 Å². The fraction of sp³-hybridized carbons (Fsp3) is 0.375. The lowest BCUT2D eigenvalue weighted by atomic mass is 9.96. The standard InChI is InChI=1S/C13H12F3NO2.C11H10F3NO/c1-8(18)10-3-2-9-4-5-17(7-11(9)6-10)12(19)13(14,15)16;12-11(13,14)10(16)15-6-5-8-3-1-2-4-9(8)7-15/h2-3,6H,4-5,7H2,1H3;1-4H,5-7H2. The first-order valence-corrected chi connectivity index (χ1v) is 10.7. The smallest absolute Gasteiger partial charge is 0.330 e. The minimum Gasteiger partial charge on any atom is -0.330 e. The molecule has 4 rings (SSSR count). The Balaban J connectivity index is 0.000000198. The van der Waals surface area contributed by atoms with Gasteiger partial charge in [0.1, 0.15) is 0 Å². The van der Waals surface area contributed by atoms with Crippen LogP contribution in [0.1, 0.15) is 39.5 Å². The van der Waals surface area contributed by atoms with E-state index >= 15 is 0 Å². The molecule has 0 fully saturated rings. The van der Waals surface area contributed by atoms with Gasteiger partial charge in [0.05, 0.1) is 0 Å². The van der Waals surface area contributed by atoms with Gasteiger partial charge in [0.2, 0.25) is 0 Å². The highest BCUT2D eigenvalue weighted by molar-refractivity contribution is 5.94. The van der Waals surface area contributed by atoms with E-state index in [0.29, 0.717) is 24.0 Å². The van der Waals surface area contributed by atoms with Crippen LogP contribution < -0.4 is 0 Å². The summed E-state index contributed by atoms with van der Waals surface area (Å²) in [5, 5.41) is 0. The zero-order chi connectivity index (χ0) is 26.0. The Kier molecular flexibility index (Phi) is 7.56. The molecule has 2 aliphatic heterocycles. The topological polar surface area (TPSA) is 57.7 Å². The number of Topliss-reactive ketones (excluding diaryl/α,β-unsaturated/α-hetero) is 1. The van der Waals surface area contributed by atoms with Crippen LogP contribution >= 0.6 is 0 Å². The highest BCUT2D eigenvalue weighted by Crippen LogP contribution is 2.26. The molecule has 5 nitrogen and oxygen atoms in total. The first-order chi connectivity index (χ1) is 16.3. The zero-order valence-electron chi connectivity index (χ0n) is 18.7. The van der Waals surface area contributed by atoms with Crippen LogP contribution in [0, 0.1) is 0 Å². The van der Waals surface area contributed by atoms with Gasteiger partial charge in [-0.25, -0.2) is 0 Å². The number of nitrogens with zero attached hydrogens (tertiary/aromatic N) is 2. The van der Waals surface area contributed by atoms with Crippen molar-refractivity contribution in [2.24, 2.45) is 0 Å². The third-order valence-corrected chi connectivity index (χ3v) is 5.82. The molecule has 0 saturated heterocycles. The number of hydrogen-bond acceptors (Lipinski definition) is 3. The van der Waals surface area contributed by atoms with Gasteiger partial charge in [0.25, 0.3) is 0 Å². The van der Waals surface area contributed by atoms with Gasteiger partial charge >= 0.3 is 24.2 Å². The number of fused-ring (bicyclic) bond motifs is 2. The molecular weight excluding hydrogens is 478 g/mol. The largest absolute Gasteiger partial charge is 0.471 e. The molecule has 0 bridgehead atoms. The number of rotatable bonds is 1. The number of hydrogen-bond donors (Lipinski definition) is 0.